The topological polar surface area (TPSA) is 53.8 Å². The van der Waals surface area contributed by atoms with Crippen molar-refractivity contribution in [3.05, 3.63) is 76.8 Å². The Morgan fingerprint density at radius 3 is 2.30 bits per heavy atom. The van der Waals surface area contributed by atoms with Crippen molar-refractivity contribution in [2.24, 2.45) is 0 Å². The first-order valence-corrected chi connectivity index (χ1v) is 9.12. The van der Waals surface area contributed by atoms with Gasteiger partial charge in [0.2, 0.25) is 0 Å². The number of nitrogens with zero attached hydrogens (tertiary/aromatic N) is 2. The number of phenolic OH excluding ortho intramolecular Hbond substituents is 1. The van der Waals surface area contributed by atoms with Crippen LogP contribution in [0.15, 0.2) is 66.7 Å². The molecule has 0 fully saturated rings. The van der Waals surface area contributed by atoms with Gasteiger partial charge in [-0.1, -0.05) is 47.5 Å². The van der Waals surface area contributed by atoms with Crippen molar-refractivity contribution in [1.82, 2.24) is 14.5 Å². The number of H-pyrrole nitrogens is 1. The largest absolute Gasteiger partial charge is 0.508 e. The van der Waals surface area contributed by atoms with Gasteiger partial charge in [-0.15, -0.1) is 0 Å². The van der Waals surface area contributed by atoms with Crippen LogP contribution in [-0.4, -0.2) is 19.6 Å². The summed E-state index contributed by atoms with van der Waals surface area (Å²) >= 11 is 12.9. The molecule has 6 heteroatoms. The summed E-state index contributed by atoms with van der Waals surface area (Å²) in [6.45, 7) is 0. The fourth-order valence-corrected chi connectivity index (χ4v) is 3.95. The van der Waals surface area contributed by atoms with Crippen LogP contribution in [-0.2, 0) is 0 Å². The normalized spacial score (nSPS) is 11.5. The molecule has 0 atom stereocenters. The first-order chi connectivity index (χ1) is 13.1. The molecule has 0 amide bonds. The molecule has 0 unspecified atom stereocenters. The van der Waals surface area contributed by atoms with Crippen LogP contribution in [0.2, 0.25) is 10.0 Å². The third kappa shape index (κ3) is 2.49. The molecule has 27 heavy (non-hydrogen) atoms. The van der Waals surface area contributed by atoms with Crippen LogP contribution >= 0.6 is 23.2 Å². The van der Waals surface area contributed by atoms with E-state index in [9.17, 15) is 5.11 Å². The van der Waals surface area contributed by atoms with Gasteiger partial charge in [0.05, 0.1) is 15.6 Å². The molecule has 5 aromatic rings. The van der Waals surface area contributed by atoms with Crippen molar-refractivity contribution < 1.29 is 5.11 Å². The number of rotatable bonds is 2. The molecular weight excluding hydrogens is 381 g/mol. The van der Waals surface area contributed by atoms with Crippen molar-refractivity contribution in [2.45, 2.75) is 0 Å². The summed E-state index contributed by atoms with van der Waals surface area (Å²) in [4.78, 5) is 8.33. The van der Waals surface area contributed by atoms with E-state index < -0.39 is 0 Å². The molecule has 2 aromatic heterocycles. The van der Waals surface area contributed by atoms with Crippen LogP contribution in [0.3, 0.4) is 0 Å². The third-order valence-corrected chi connectivity index (χ3v) is 5.24. The number of para-hydroxylation sites is 1. The number of imidazole rings is 1. The number of nitrogens with one attached hydrogen (secondary N) is 1. The van der Waals surface area contributed by atoms with Crippen molar-refractivity contribution in [3.8, 4) is 22.8 Å². The van der Waals surface area contributed by atoms with E-state index in [-0.39, 0.29) is 5.75 Å². The van der Waals surface area contributed by atoms with Gasteiger partial charge in [-0.2, -0.15) is 0 Å². The number of benzene rings is 3. The van der Waals surface area contributed by atoms with E-state index in [1.807, 2.05) is 47.0 Å². The van der Waals surface area contributed by atoms with Crippen LogP contribution < -0.4 is 0 Å². The second-order valence-electron chi connectivity index (χ2n) is 6.25. The minimum Gasteiger partial charge on any atom is -0.508 e. The summed E-state index contributed by atoms with van der Waals surface area (Å²) in [5, 5.41) is 11.8. The lowest BCUT2D eigenvalue weighted by Gasteiger charge is -2.11. The highest BCUT2D eigenvalue weighted by Crippen LogP contribution is 2.39. The number of hydrogen-bond donors (Lipinski definition) is 2. The molecule has 0 spiro atoms. The first-order valence-electron chi connectivity index (χ1n) is 8.36. The Balaban J connectivity index is 1.92. The molecular formula is C21H13Cl2N3O. The first kappa shape index (κ1) is 16.2. The Bertz CT molecular complexity index is 1280. The zero-order valence-electron chi connectivity index (χ0n) is 13.9. The van der Waals surface area contributed by atoms with Crippen molar-refractivity contribution in [3.63, 3.8) is 0 Å². The summed E-state index contributed by atoms with van der Waals surface area (Å²) < 4.78 is 1.97. The lowest BCUT2D eigenvalue weighted by Crippen LogP contribution is -1.99. The number of fused-ring (bicyclic) bond motifs is 3. The summed E-state index contributed by atoms with van der Waals surface area (Å²) in [6.07, 6.45) is 0. The molecule has 2 N–H and O–H groups in total. The van der Waals surface area contributed by atoms with Crippen LogP contribution in [0.1, 0.15) is 0 Å². The number of aromatic amines is 1. The Labute approximate surface area is 164 Å². The Hall–Kier alpha value is -2.95. The average Bonchev–Trinajstić information content (AvgIpc) is 3.19. The van der Waals surface area contributed by atoms with Crippen molar-refractivity contribution in [2.75, 3.05) is 0 Å². The van der Waals surface area contributed by atoms with Gasteiger partial charge in [0, 0.05) is 16.6 Å². The monoisotopic (exact) mass is 393 g/mol. The van der Waals surface area contributed by atoms with Gasteiger partial charge in [0.15, 0.2) is 0 Å². The summed E-state index contributed by atoms with van der Waals surface area (Å²) in [7, 11) is 0. The fraction of sp³-hybridized carbons (Fsp3) is 0. The molecule has 5 rings (SSSR count). The maximum Gasteiger partial charge on any atom is 0.149 e. The van der Waals surface area contributed by atoms with Gasteiger partial charge in [-0.3, -0.25) is 4.57 Å². The van der Waals surface area contributed by atoms with E-state index in [1.54, 1.807) is 24.3 Å². The van der Waals surface area contributed by atoms with Crippen LogP contribution in [0.25, 0.3) is 39.1 Å². The standard InChI is InChI=1S/C21H13Cl2N3O/c22-15-5-3-6-16(23)18(15)20-25-19-14-4-1-2-7-17(14)24-21(19)26(20)12-8-10-13(27)11-9-12/h1-11,24,27H. The van der Waals surface area contributed by atoms with Gasteiger partial charge in [0.1, 0.15) is 22.7 Å². The number of phenols is 1. The lowest BCUT2D eigenvalue weighted by molar-refractivity contribution is 0.475. The highest BCUT2D eigenvalue weighted by molar-refractivity contribution is 6.39. The van der Waals surface area contributed by atoms with E-state index in [1.165, 1.54) is 0 Å². The molecule has 0 aliphatic heterocycles. The summed E-state index contributed by atoms with van der Waals surface area (Å²) in [6, 6.07) is 20.3. The molecule has 0 saturated heterocycles. The molecule has 0 bridgehead atoms. The maximum absolute atomic E-state index is 9.68. The number of halogens is 2. The van der Waals surface area contributed by atoms with Gasteiger partial charge in [-0.05, 0) is 42.5 Å². The molecule has 0 aliphatic carbocycles. The second kappa shape index (κ2) is 6.05. The number of aromatic nitrogens is 3. The average molecular weight is 394 g/mol. The van der Waals surface area contributed by atoms with Gasteiger partial charge < -0.3 is 10.1 Å². The smallest absolute Gasteiger partial charge is 0.149 e. The lowest BCUT2D eigenvalue weighted by atomic mass is 10.2. The molecule has 0 saturated carbocycles. The van der Waals surface area contributed by atoms with Gasteiger partial charge >= 0.3 is 0 Å². The minimum absolute atomic E-state index is 0.198. The Morgan fingerprint density at radius 2 is 1.56 bits per heavy atom. The second-order valence-corrected chi connectivity index (χ2v) is 7.07. The molecule has 132 valence electrons. The zero-order chi connectivity index (χ0) is 18.5. The Morgan fingerprint density at radius 1 is 0.852 bits per heavy atom. The van der Waals surface area contributed by atoms with Gasteiger partial charge in [0.25, 0.3) is 0 Å². The minimum atomic E-state index is 0.198. The molecule has 2 heterocycles. The third-order valence-electron chi connectivity index (χ3n) is 4.61. The Kier molecular flexibility index (Phi) is 3.64. The van der Waals surface area contributed by atoms with Crippen molar-refractivity contribution >= 4 is 45.3 Å². The molecule has 0 aliphatic rings. The highest BCUT2D eigenvalue weighted by atomic mass is 35.5. The van der Waals surface area contributed by atoms with E-state index in [0.717, 1.165) is 27.8 Å². The van der Waals surface area contributed by atoms with Crippen LogP contribution in [0.5, 0.6) is 5.75 Å². The van der Waals surface area contributed by atoms with Gasteiger partial charge in [-0.25, -0.2) is 4.98 Å². The van der Waals surface area contributed by atoms with E-state index in [4.69, 9.17) is 28.2 Å². The van der Waals surface area contributed by atoms with Crippen molar-refractivity contribution in [1.29, 1.82) is 0 Å². The zero-order valence-corrected chi connectivity index (χ0v) is 15.5. The van der Waals surface area contributed by atoms with Crippen LogP contribution in [0, 0.1) is 0 Å². The fourth-order valence-electron chi connectivity index (χ4n) is 3.38. The molecule has 4 nitrogen and oxygen atoms in total. The molecule has 3 aromatic carbocycles. The van der Waals surface area contributed by atoms with E-state index in [2.05, 4.69) is 4.98 Å². The van der Waals surface area contributed by atoms with Crippen LogP contribution in [0.4, 0.5) is 0 Å². The molecule has 0 radical (unpaired) electrons. The highest BCUT2D eigenvalue weighted by Gasteiger charge is 2.21. The predicted molar refractivity (Wildman–Crippen MR) is 110 cm³/mol. The quantitative estimate of drug-likeness (QED) is 0.375. The maximum atomic E-state index is 9.68. The van der Waals surface area contributed by atoms with E-state index in [0.29, 0.717) is 21.4 Å². The predicted octanol–water partition coefficient (Wildman–Crippen LogP) is 6.19. The van der Waals surface area contributed by atoms with E-state index >= 15 is 0 Å². The number of hydrogen-bond acceptors (Lipinski definition) is 2. The summed E-state index contributed by atoms with van der Waals surface area (Å²) in [5.74, 6) is 0.840. The summed E-state index contributed by atoms with van der Waals surface area (Å²) in [5.41, 5.74) is 4.19. The SMILES string of the molecule is Oc1ccc(-n2c(-c3c(Cl)cccc3Cl)nc3c4ccccc4[nH]c32)cc1. The number of aromatic hydroxyl groups is 1.